The Hall–Kier alpha value is -1.51. The molecular formula is C9H8O3. The predicted molar refractivity (Wildman–Crippen MR) is 42.6 cm³/mol. The first-order valence-corrected chi connectivity index (χ1v) is 3.68. The lowest BCUT2D eigenvalue weighted by Crippen LogP contribution is -1.96. The van der Waals surface area contributed by atoms with Crippen LogP contribution in [-0.2, 0) is 0 Å². The van der Waals surface area contributed by atoms with Crippen LogP contribution in [-0.4, -0.2) is 12.6 Å². The smallest absolute Gasteiger partial charge is 0.231 e. The standard InChI is InChI=1S/C9H8O3/c1-6(10)7-3-2-4-8-9(7)12-5-11-8/h2-4H,5H2,1H3. The molecule has 0 aromatic heterocycles. The second-order valence-electron chi connectivity index (χ2n) is 2.60. The highest BCUT2D eigenvalue weighted by Crippen LogP contribution is 2.35. The van der Waals surface area contributed by atoms with Gasteiger partial charge in [-0.15, -0.1) is 0 Å². The summed E-state index contributed by atoms with van der Waals surface area (Å²) in [6, 6.07) is 5.30. The molecule has 0 fully saturated rings. The lowest BCUT2D eigenvalue weighted by molar-refractivity contribution is 0.101. The molecule has 0 bridgehead atoms. The SMILES string of the molecule is CC(=O)c1cccc2c1OCO2. The zero-order valence-corrected chi connectivity index (χ0v) is 6.66. The monoisotopic (exact) mass is 164 g/mol. The van der Waals surface area contributed by atoms with Crippen LogP contribution < -0.4 is 9.47 Å². The van der Waals surface area contributed by atoms with Crippen LogP contribution in [0.15, 0.2) is 18.2 Å². The van der Waals surface area contributed by atoms with Gasteiger partial charge >= 0.3 is 0 Å². The summed E-state index contributed by atoms with van der Waals surface area (Å²) >= 11 is 0. The number of Topliss-reactive ketones (excluding diaryl/α,β-unsaturated/α-hetero) is 1. The molecule has 0 aliphatic carbocycles. The van der Waals surface area contributed by atoms with Crippen LogP contribution in [0.2, 0.25) is 0 Å². The lowest BCUT2D eigenvalue weighted by Gasteiger charge is -1.99. The number of carbonyl (C=O) groups is 1. The van der Waals surface area contributed by atoms with E-state index in [9.17, 15) is 4.79 Å². The number of para-hydroxylation sites is 1. The Morgan fingerprint density at radius 1 is 1.42 bits per heavy atom. The zero-order chi connectivity index (χ0) is 8.55. The van der Waals surface area contributed by atoms with Crippen molar-refractivity contribution in [1.29, 1.82) is 0 Å². The summed E-state index contributed by atoms with van der Waals surface area (Å²) in [6.45, 7) is 1.72. The fraction of sp³-hybridized carbons (Fsp3) is 0.222. The molecule has 2 rings (SSSR count). The lowest BCUT2D eigenvalue weighted by atomic mass is 10.1. The predicted octanol–water partition coefficient (Wildman–Crippen LogP) is 1.62. The maximum absolute atomic E-state index is 11.1. The largest absolute Gasteiger partial charge is 0.454 e. The molecule has 1 heterocycles. The van der Waals surface area contributed by atoms with Crippen LogP contribution in [0.4, 0.5) is 0 Å². The van der Waals surface area contributed by atoms with Crippen LogP contribution in [0.1, 0.15) is 17.3 Å². The third kappa shape index (κ3) is 0.942. The van der Waals surface area contributed by atoms with Crippen molar-refractivity contribution in [2.75, 3.05) is 6.79 Å². The minimum atomic E-state index is -0.00245. The highest BCUT2D eigenvalue weighted by molar-refractivity contribution is 5.97. The number of benzene rings is 1. The van der Waals surface area contributed by atoms with Gasteiger partial charge in [0.25, 0.3) is 0 Å². The minimum absolute atomic E-state index is 0.00245. The first-order chi connectivity index (χ1) is 5.79. The van der Waals surface area contributed by atoms with Crippen molar-refractivity contribution in [2.24, 2.45) is 0 Å². The molecule has 0 N–H and O–H groups in total. The van der Waals surface area contributed by atoms with Gasteiger partial charge < -0.3 is 9.47 Å². The van der Waals surface area contributed by atoms with Gasteiger partial charge in [-0.3, -0.25) is 4.79 Å². The number of fused-ring (bicyclic) bond motifs is 1. The van der Waals surface area contributed by atoms with Gasteiger partial charge in [0, 0.05) is 0 Å². The highest BCUT2D eigenvalue weighted by Gasteiger charge is 2.18. The van der Waals surface area contributed by atoms with E-state index in [1.165, 1.54) is 6.92 Å². The molecule has 1 aliphatic heterocycles. The van der Waals surface area contributed by atoms with Crippen molar-refractivity contribution in [1.82, 2.24) is 0 Å². The van der Waals surface area contributed by atoms with Crippen molar-refractivity contribution in [3.8, 4) is 11.5 Å². The summed E-state index contributed by atoms with van der Waals surface area (Å²) in [4.78, 5) is 11.1. The van der Waals surface area contributed by atoms with E-state index in [2.05, 4.69) is 0 Å². The van der Waals surface area contributed by atoms with Crippen LogP contribution in [0.5, 0.6) is 11.5 Å². The highest BCUT2D eigenvalue weighted by atomic mass is 16.7. The van der Waals surface area contributed by atoms with E-state index in [-0.39, 0.29) is 12.6 Å². The van der Waals surface area contributed by atoms with Crippen molar-refractivity contribution in [3.63, 3.8) is 0 Å². The van der Waals surface area contributed by atoms with Gasteiger partial charge in [-0.25, -0.2) is 0 Å². The fourth-order valence-corrected chi connectivity index (χ4v) is 1.21. The Labute approximate surface area is 69.9 Å². The van der Waals surface area contributed by atoms with Gasteiger partial charge in [0.2, 0.25) is 6.79 Å². The van der Waals surface area contributed by atoms with Crippen LogP contribution in [0.3, 0.4) is 0 Å². The van der Waals surface area contributed by atoms with Gasteiger partial charge in [-0.1, -0.05) is 6.07 Å². The summed E-state index contributed by atoms with van der Waals surface area (Å²) in [5.74, 6) is 1.23. The number of ketones is 1. The number of rotatable bonds is 1. The maximum Gasteiger partial charge on any atom is 0.231 e. The topological polar surface area (TPSA) is 35.5 Å². The molecule has 1 aliphatic rings. The van der Waals surface area contributed by atoms with Gasteiger partial charge in [0.15, 0.2) is 17.3 Å². The second-order valence-corrected chi connectivity index (χ2v) is 2.60. The minimum Gasteiger partial charge on any atom is -0.454 e. The number of hydrogen-bond acceptors (Lipinski definition) is 3. The summed E-state index contributed by atoms with van der Waals surface area (Å²) in [5.41, 5.74) is 0.588. The van der Waals surface area contributed by atoms with Gasteiger partial charge in [-0.2, -0.15) is 0 Å². The first kappa shape index (κ1) is 7.16. The zero-order valence-electron chi connectivity index (χ0n) is 6.66. The van der Waals surface area contributed by atoms with E-state index in [0.717, 1.165) is 0 Å². The fourth-order valence-electron chi connectivity index (χ4n) is 1.21. The quantitative estimate of drug-likeness (QED) is 0.591. The molecule has 1 aromatic carbocycles. The summed E-state index contributed by atoms with van der Waals surface area (Å²) in [7, 11) is 0. The third-order valence-electron chi connectivity index (χ3n) is 1.78. The van der Waals surface area contributed by atoms with E-state index in [1.807, 2.05) is 0 Å². The molecule has 0 saturated heterocycles. The molecule has 1 aromatic rings. The van der Waals surface area contributed by atoms with E-state index >= 15 is 0 Å². The number of hydrogen-bond donors (Lipinski definition) is 0. The first-order valence-electron chi connectivity index (χ1n) is 3.68. The Morgan fingerprint density at radius 3 is 3.00 bits per heavy atom. The third-order valence-corrected chi connectivity index (χ3v) is 1.78. The van der Waals surface area contributed by atoms with Crippen LogP contribution >= 0.6 is 0 Å². The van der Waals surface area contributed by atoms with E-state index in [0.29, 0.717) is 17.1 Å². The van der Waals surface area contributed by atoms with Crippen molar-refractivity contribution in [3.05, 3.63) is 23.8 Å². The molecule has 3 heteroatoms. The molecule has 12 heavy (non-hydrogen) atoms. The molecule has 0 spiro atoms. The van der Waals surface area contributed by atoms with E-state index in [4.69, 9.17) is 9.47 Å². The number of ether oxygens (including phenoxy) is 2. The van der Waals surface area contributed by atoms with Gasteiger partial charge in [0.1, 0.15) is 0 Å². The van der Waals surface area contributed by atoms with E-state index < -0.39 is 0 Å². The molecule has 0 radical (unpaired) electrons. The summed E-state index contributed by atoms with van der Waals surface area (Å²) in [5, 5.41) is 0. The van der Waals surface area contributed by atoms with Crippen molar-refractivity contribution < 1.29 is 14.3 Å². The Morgan fingerprint density at radius 2 is 2.25 bits per heavy atom. The Bertz CT molecular complexity index is 331. The second kappa shape index (κ2) is 2.52. The van der Waals surface area contributed by atoms with Crippen molar-refractivity contribution in [2.45, 2.75) is 6.92 Å². The Kier molecular flexibility index (Phi) is 1.50. The van der Waals surface area contributed by atoms with Crippen molar-refractivity contribution >= 4 is 5.78 Å². The summed E-state index contributed by atoms with van der Waals surface area (Å²) in [6.07, 6.45) is 0. The van der Waals surface area contributed by atoms with E-state index in [1.54, 1.807) is 18.2 Å². The molecule has 0 unspecified atom stereocenters. The molecule has 3 nitrogen and oxygen atoms in total. The molecule has 0 amide bonds. The molecular weight excluding hydrogens is 156 g/mol. The average Bonchev–Trinajstić information content (AvgIpc) is 2.49. The van der Waals surface area contributed by atoms with Gasteiger partial charge in [-0.05, 0) is 19.1 Å². The van der Waals surface area contributed by atoms with Crippen LogP contribution in [0, 0.1) is 0 Å². The molecule has 62 valence electrons. The normalized spacial score (nSPS) is 13.1. The number of carbonyl (C=O) groups excluding carboxylic acids is 1. The maximum atomic E-state index is 11.1. The average molecular weight is 164 g/mol. The summed E-state index contributed by atoms with van der Waals surface area (Å²) < 4.78 is 10.3. The molecule has 0 atom stereocenters. The van der Waals surface area contributed by atoms with Gasteiger partial charge in [0.05, 0.1) is 5.56 Å². The van der Waals surface area contributed by atoms with Crippen LogP contribution in [0.25, 0.3) is 0 Å². The Balaban J connectivity index is 2.56. The molecule has 0 saturated carbocycles.